The number of rotatable bonds is 4. The van der Waals surface area contributed by atoms with Crippen molar-refractivity contribution in [3.8, 4) is 11.4 Å². The minimum atomic E-state index is -0.349. The van der Waals surface area contributed by atoms with Crippen LogP contribution in [-0.2, 0) is 11.2 Å². The fourth-order valence-corrected chi connectivity index (χ4v) is 4.40. The first-order chi connectivity index (χ1) is 13.5. The number of hydrogen-bond acceptors (Lipinski definition) is 5. The number of nitrogens with zero attached hydrogens (tertiary/aromatic N) is 4. The summed E-state index contributed by atoms with van der Waals surface area (Å²) >= 11 is 7.24. The van der Waals surface area contributed by atoms with Crippen molar-refractivity contribution in [3.63, 3.8) is 0 Å². The van der Waals surface area contributed by atoms with Gasteiger partial charge in [-0.15, -0.1) is 10.2 Å². The average molecular weight is 414 g/mol. The number of nitrogen functional groups attached to an aromatic ring is 1. The molecule has 0 spiro atoms. The zero-order chi connectivity index (χ0) is 19.8. The van der Waals surface area contributed by atoms with Crippen LogP contribution in [-0.4, -0.2) is 32.1 Å². The van der Waals surface area contributed by atoms with Gasteiger partial charge in [-0.3, -0.25) is 4.79 Å². The fourth-order valence-electron chi connectivity index (χ4n) is 3.46. The highest BCUT2D eigenvalue weighted by Gasteiger charge is 2.34. The zero-order valence-corrected chi connectivity index (χ0v) is 17.1. The Balaban J connectivity index is 1.53. The van der Waals surface area contributed by atoms with E-state index in [1.807, 2.05) is 42.2 Å². The summed E-state index contributed by atoms with van der Waals surface area (Å²) in [6.45, 7) is 3.94. The third kappa shape index (κ3) is 3.36. The van der Waals surface area contributed by atoms with Crippen molar-refractivity contribution < 1.29 is 4.79 Å². The van der Waals surface area contributed by atoms with E-state index in [1.165, 1.54) is 22.0 Å². The summed E-state index contributed by atoms with van der Waals surface area (Å²) in [5, 5.41) is 9.13. The Morgan fingerprint density at radius 2 is 1.93 bits per heavy atom. The number of carbonyl (C=O) groups is 1. The van der Waals surface area contributed by atoms with Crippen molar-refractivity contribution >= 4 is 35.0 Å². The van der Waals surface area contributed by atoms with E-state index in [2.05, 4.69) is 23.2 Å². The second-order valence-electron chi connectivity index (χ2n) is 6.83. The molecule has 4 rings (SSSR count). The van der Waals surface area contributed by atoms with Gasteiger partial charge in [0.25, 0.3) is 0 Å². The number of benzene rings is 2. The van der Waals surface area contributed by atoms with Crippen LogP contribution in [0, 0.1) is 0 Å². The van der Waals surface area contributed by atoms with E-state index in [1.54, 1.807) is 12.1 Å². The normalized spacial score (nSPS) is 16.8. The van der Waals surface area contributed by atoms with Gasteiger partial charge in [-0.25, -0.2) is 4.68 Å². The van der Waals surface area contributed by atoms with Crippen LogP contribution < -0.4 is 10.7 Å². The number of halogens is 1. The van der Waals surface area contributed by atoms with Crippen LogP contribution in [0.1, 0.15) is 19.4 Å². The monoisotopic (exact) mass is 413 g/mol. The molecule has 0 aliphatic carbocycles. The quantitative estimate of drug-likeness (QED) is 0.520. The van der Waals surface area contributed by atoms with E-state index in [-0.39, 0.29) is 17.2 Å². The highest BCUT2D eigenvalue weighted by atomic mass is 35.5. The summed E-state index contributed by atoms with van der Waals surface area (Å²) in [5.74, 6) is 6.76. The van der Waals surface area contributed by atoms with E-state index in [9.17, 15) is 4.79 Å². The molecule has 0 radical (unpaired) electrons. The van der Waals surface area contributed by atoms with Crippen LogP contribution in [0.25, 0.3) is 11.4 Å². The van der Waals surface area contributed by atoms with Gasteiger partial charge in [0.05, 0.1) is 5.25 Å². The second-order valence-corrected chi connectivity index (χ2v) is 8.58. The van der Waals surface area contributed by atoms with Crippen molar-refractivity contribution in [1.82, 2.24) is 14.9 Å². The van der Waals surface area contributed by atoms with Crippen molar-refractivity contribution in [2.24, 2.45) is 0 Å². The highest BCUT2D eigenvalue weighted by molar-refractivity contribution is 8.00. The molecule has 1 aliphatic rings. The summed E-state index contributed by atoms with van der Waals surface area (Å²) in [6, 6.07) is 15.4. The maximum absolute atomic E-state index is 13.1. The maximum atomic E-state index is 13.1. The molecule has 0 fully saturated rings. The van der Waals surface area contributed by atoms with Crippen LogP contribution in [0.2, 0.25) is 5.02 Å². The van der Waals surface area contributed by atoms with Crippen molar-refractivity contribution in [3.05, 3.63) is 59.1 Å². The SMILES string of the molecule is CC(Sc1nnc(-c2ccc(Cl)cc2)n1N)C(=O)N1c2ccccc2CC1C. The standard InChI is InChI=1S/C20H20ClN5OS/c1-12-11-15-5-3-4-6-17(15)25(12)19(27)13(2)28-20-24-23-18(26(20)22)14-7-9-16(21)10-8-14/h3-10,12-13H,11,22H2,1-2H3. The van der Waals surface area contributed by atoms with Crippen LogP contribution in [0.5, 0.6) is 0 Å². The first-order valence-corrected chi connectivity index (χ1v) is 10.3. The summed E-state index contributed by atoms with van der Waals surface area (Å²) in [4.78, 5) is 15.0. The Morgan fingerprint density at radius 1 is 1.21 bits per heavy atom. The summed E-state index contributed by atoms with van der Waals surface area (Å²) in [5.41, 5.74) is 3.00. The molecule has 0 saturated heterocycles. The molecule has 1 amide bonds. The lowest BCUT2D eigenvalue weighted by molar-refractivity contribution is -0.118. The molecule has 8 heteroatoms. The molecule has 6 nitrogen and oxygen atoms in total. The third-order valence-corrected chi connectivity index (χ3v) is 6.14. The number of aromatic nitrogens is 3. The van der Waals surface area contributed by atoms with E-state index in [0.29, 0.717) is 16.0 Å². The minimum Gasteiger partial charge on any atom is -0.335 e. The molecule has 28 heavy (non-hydrogen) atoms. The number of para-hydroxylation sites is 1. The van der Waals surface area contributed by atoms with E-state index < -0.39 is 0 Å². The number of fused-ring (bicyclic) bond motifs is 1. The third-order valence-electron chi connectivity index (χ3n) is 4.84. The van der Waals surface area contributed by atoms with Gasteiger partial charge in [-0.2, -0.15) is 0 Å². The molecule has 2 heterocycles. The molecule has 0 bridgehead atoms. The summed E-state index contributed by atoms with van der Waals surface area (Å²) < 4.78 is 1.42. The van der Waals surface area contributed by atoms with E-state index >= 15 is 0 Å². The Hall–Kier alpha value is -2.51. The maximum Gasteiger partial charge on any atom is 0.240 e. The first kappa shape index (κ1) is 18.8. The summed E-state index contributed by atoms with van der Waals surface area (Å²) in [7, 11) is 0. The number of amides is 1. The lowest BCUT2D eigenvalue weighted by Gasteiger charge is -2.25. The average Bonchev–Trinajstić information content (AvgIpc) is 3.21. The van der Waals surface area contributed by atoms with E-state index in [4.69, 9.17) is 17.4 Å². The van der Waals surface area contributed by atoms with Gasteiger partial charge in [-0.1, -0.05) is 41.6 Å². The van der Waals surface area contributed by atoms with Gasteiger partial charge in [0.15, 0.2) is 5.82 Å². The molecule has 1 aliphatic heterocycles. The predicted molar refractivity (Wildman–Crippen MR) is 113 cm³/mol. The van der Waals surface area contributed by atoms with Gasteiger partial charge >= 0.3 is 0 Å². The Bertz CT molecular complexity index is 1020. The van der Waals surface area contributed by atoms with Gasteiger partial charge in [-0.05, 0) is 56.2 Å². The molecule has 2 atom stereocenters. The molecule has 1 aromatic heterocycles. The topological polar surface area (TPSA) is 77.0 Å². The van der Waals surface area contributed by atoms with Gasteiger partial charge in [0.2, 0.25) is 11.1 Å². The molecular formula is C20H20ClN5OS. The van der Waals surface area contributed by atoms with E-state index in [0.717, 1.165) is 17.7 Å². The Labute approximate surface area is 172 Å². The largest absolute Gasteiger partial charge is 0.335 e. The number of thioether (sulfide) groups is 1. The Morgan fingerprint density at radius 3 is 2.68 bits per heavy atom. The zero-order valence-electron chi connectivity index (χ0n) is 15.5. The molecule has 144 valence electrons. The van der Waals surface area contributed by atoms with Crippen LogP contribution in [0.15, 0.2) is 53.7 Å². The molecule has 2 unspecified atom stereocenters. The molecular weight excluding hydrogens is 394 g/mol. The second kappa shape index (κ2) is 7.48. The first-order valence-electron chi connectivity index (χ1n) is 8.99. The number of hydrogen-bond donors (Lipinski definition) is 1. The molecule has 2 N–H and O–H groups in total. The van der Waals surface area contributed by atoms with Crippen LogP contribution in [0.3, 0.4) is 0 Å². The number of nitrogens with two attached hydrogens (primary N) is 1. The van der Waals surface area contributed by atoms with Crippen LogP contribution in [0.4, 0.5) is 5.69 Å². The molecule has 3 aromatic rings. The van der Waals surface area contributed by atoms with Crippen molar-refractivity contribution in [2.45, 2.75) is 36.7 Å². The predicted octanol–water partition coefficient (Wildman–Crippen LogP) is 3.77. The molecule has 0 saturated carbocycles. The van der Waals surface area contributed by atoms with Gasteiger partial charge in [0, 0.05) is 22.3 Å². The van der Waals surface area contributed by atoms with Crippen LogP contribution >= 0.6 is 23.4 Å². The van der Waals surface area contributed by atoms with Gasteiger partial charge in [0.1, 0.15) is 0 Å². The smallest absolute Gasteiger partial charge is 0.240 e. The fraction of sp³-hybridized carbons (Fsp3) is 0.250. The van der Waals surface area contributed by atoms with Crippen molar-refractivity contribution in [2.75, 3.05) is 10.7 Å². The highest BCUT2D eigenvalue weighted by Crippen LogP contribution is 2.34. The van der Waals surface area contributed by atoms with Crippen molar-refractivity contribution in [1.29, 1.82) is 0 Å². The minimum absolute atomic E-state index is 0.0403. The number of carbonyl (C=O) groups excluding carboxylic acids is 1. The molecule has 2 aromatic carbocycles. The summed E-state index contributed by atoms with van der Waals surface area (Å²) in [6.07, 6.45) is 0.868. The lowest BCUT2D eigenvalue weighted by atomic mass is 10.1. The Kier molecular flexibility index (Phi) is 5.03. The lowest BCUT2D eigenvalue weighted by Crippen LogP contribution is -2.40. The number of anilines is 1. The van der Waals surface area contributed by atoms with Gasteiger partial charge < -0.3 is 10.7 Å².